The third-order valence-corrected chi connectivity index (χ3v) is 4.43. The molecular weight excluding hydrogens is 383 g/mol. The highest BCUT2D eigenvalue weighted by atomic mass is 19.1. The molecule has 0 bridgehead atoms. The molecule has 0 N–H and O–H groups in total. The zero-order valence-electron chi connectivity index (χ0n) is 17.5. The first kappa shape index (κ1) is 20.9. The van der Waals surface area contributed by atoms with Gasteiger partial charge in [0.1, 0.15) is 11.5 Å². The Morgan fingerprint density at radius 2 is 1.52 bits per heavy atom. The molecule has 0 spiro atoms. The molecule has 3 rings (SSSR count). The average molecular weight is 407 g/mol. The van der Waals surface area contributed by atoms with Crippen molar-refractivity contribution in [1.82, 2.24) is 24.5 Å². The number of halogens is 3. The third-order valence-electron chi connectivity index (χ3n) is 4.43. The molecule has 0 atom stereocenters. The van der Waals surface area contributed by atoms with E-state index in [0.29, 0.717) is 23.8 Å². The molecule has 0 unspecified atom stereocenters. The number of aryl methyl sites for hydroxylation is 1. The van der Waals surface area contributed by atoms with E-state index in [4.69, 9.17) is 4.74 Å². The summed E-state index contributed by atoms with van der Waals surface area (Å²) in [6.45, 7) is 11.2. The summed E-state index contributed by atoms with van der Waals surface area (Å²) in [5.74, 6) is -3.06. The summed E-state index contributed by atoms with van der Waals surface area (Å²) in [7, 11) is 1.74. The molecule has 9 heteroatoms. The van der Waals surface area contributed by atoms with Crippen LogP contribution in [0.4, 0.5) is 13.2 Å². The first-order valence-corrected chi connectivity index (χ1v) is 9.12. The molecule has 2 aromatic heterocycles. The van der Waals surface area contributed by atoms with E-state index in [-0.39, 0.29) is 5.54 Å². The molecule has 156 valence electrons. The van der Waals surface area contributed by atoms with Crippen LogP contribution >= 0.6 is 0 Å². The van der Waals surface area contributed by atoms with Crippen LogP contribution < -0.4 is 4.74 Å². The topological polar surface area (TPSA) is 57.8 Å². The lowest BCUT2D eigenvalue weighted by Gasteiger charge is -2.26. The summed E-state index contributed by atoms with van der Waals surface area (Å²) in [5, 5.41) is 13.0. The fourth-order valence-corrected chi connectivity index (χ4v) is 3.17. The second-order valence-electron chi connectivity index (χ2n) is 8.47. The number of rotatable bonds is 4. The van der Waals surface area contributed by atoms with Crippen molar-refractivity contribution in [2.24, 2.45) is 7.05 Å². The van der Waals surface area contributed by atoms with Crippen LogP contribution in [0.25, 0.3) is 11.5 Å². The van der Waals surface area contributed by atoms with Gasteiger partial charge in [0.2, 0.25) is 0 Å². The lowest BCUT2D eigenvalue weighted by atomic mass is 10.1. The summed E-state index contributed by atoms with van der Waals surface area (Å²) in [5.41, 5.74) is 0.0418. The largest absolute Gasteiger partial charge is 0.474 e. The quantitative estimate of drug-likeness (QED) is 0.640. The van der Waals surface area contributed by atoms with Gasteiger partial charge in [-0.2, -0.15) is 5.10 Å². The molecule has 0 saturated carbocycles. The van der Waals surface area contributed by atoms with Gasteiger partial charge in [-0.05, 0) is 47.6 Å². The Labute approximate surface area is 167 Å². The van der Waals surface area contributed by atoms with E-state index < -0.39 is 28.8 Å². The van der Waals surface area contributed by atoms with E-state index in [0.717, 1.165) is 11.4 Å². The van der Waals surface area contributed by atoms with Crippen molar-refractivity contribution < 1.29 is 17.9 Å². The lowest BCUT2D eigenvalue weighted by Crippen LogP contribution is -2.30. The molecular formula is C20H24F3N5O. The second kappa shape index (κ2) is 6.89. The van der Waals surface area contributed by atoms with Crippen LogP contribution in [0.3, 0.4) is 0 Å². The maximum Gasteiger partial charge on any atom is 0.192 e. The zero-order chi connectivity index (χ0) is 21.7. The summed E-state index contributed by atoms with van der Waals surface area (Å²) in [6.07, 6.45) is 0. The number of hydrogen-bond acceptors (Lipinski definition) is 4. The van der Waals surface area contributed by atoms with E-state index in [9.17, 15) is 13.2 Å². The standard InChI is InChI=1S/C20H24F3N5O/c1-11-8-15(28(26-11)19(2,3)4)17-24-25-18(27(17)7)20(5,6)29-16-13(22)9-12(21)10-14(16)23/h8-10H,1-7H3. The van der Waals surface area contributed by atoms with Crippen molar-refractivity contribution in [1.29, 1.82) is 0 Å². The number of ether oxygens (including phenoxy) is 1. The fraction of sp³-hybridized carbons (Fsp3) is 0.450. The Morgan fingerprint density at radius 3 is 2.07 bits per heavy atom. The maximum absolute atomic E-state index is 14.1. The highest BCUT2D eigenvalue weighted by Crippen LogP contribution is 2.33. The summed E-state index contributed by atoms with van der Waals surface area (Å²) in [4.78, 5) is 0. The highest BCUT2D eigenvalue weighted by Gasteiger charge is 2.33. The molecule has 0 aliphatic heterocycles. The van der Waals surface area contributed by atoms with Crippen molar-refractivity contribution in [3.8, 4) is 17.3 Å². The van der Waals surface area contributed by atoms with Gasteiger partial charge in [0.05, 0.1) is 11.2 Å². The molecule has 1 aromatic carbocycles. The van der Waals surface area contributed by atoms with Crippen molar-refractivity contribution >= 4 is 0 Å². The van der Waals surface area contributed by atoms with Crippen LogP contribution in [-0.4, -0.2) is 24.5 Å². The third kappa shape index (κ3) is 3.86. The maximum atomic E-state index is 14.1. The molecule has 3 aromatic rings. The summed E-state index contributed by atoms with van der Waals surface area (Å²) in [6, 6.07) is 3.04. The first-order chi connectivity index (χ1) is 13.3. The molecule has 0 fully saturated rings. The van der Waals surface area contributed by atoms with Crippen LogP contribution in [0.15, 0.2) is 18.2 Å². The number of nitrogens with zero attached hydrogens (tertiary/aromatic N) is 5. The van der Waals surface area contributed by atoms with Crippen molar-refractivity contribution in [2.45, 2.75) is 52.7 Å². The predicted molar refractivity (Wildman–Crippen MR) is 102 cm³/mol. The van der Waals surface area contributed by atoms with Gasteiger partial charge in [-0.15, -0.1) is 10.2 Å². The number of benzene rings is 1. The van der Waals surface area contributed by atoms with Gasteiger partial charge in [-0.1, -0.05) is 0 Å². The Kier molecular flexibility index (Phi) is 4.96. The van der Waals surface area contributed by atoms with Crippen LogP contribution in [0.1, 0.15) is 46.1 Å². The minimum atomic E-state index is -1.25. The van der Waals surface area contributed by atoms with Crippen molar-refractivity contribution in [3.05, 3.63) is 47.2 Å². The molecule has 2 heterocycles. The van der Waals surface area contributed by atoms with Crippen LogP contribution in [-0.2, 0) is 18.2 Å². The molecule has 6 nitrogen and oxygen atoms in total. The van der Waals surface area contributed by atoms with Gasteiger partial charge in [-0.25, -0.2) is 13.2 Å². The van der Waals surface area contributed by atoms with Gasteiger partial charge in [0.25, 0.3) is 0 Å². The molecule has 0 radical (unpaired) electrons. The molecule has 0 amide bonds. The molecule has 0 saturated heterocycles. The average Bonchev–Trinajstić information content (AvgIpc) is 3.13. The Morgan fingerprint density at radius 1 is 0.931 bits per heavy atom. The summed E-state index contributed by atoms with van der Waals surface area (Å²) >= 11 is 0. The zero-order valence-corrected chi connectivity index (χ0v) is 17.5. The highest BCUT2D eigenvalue weighted by molar-refractivity contribution is 5.51. The SMILES string of the molecule is Cc1cc(-c2nnc(C(C)(C)Oc3c(F)cc(F)cc3F)n2C)n(C(C)(C)C)n1. The molecule has 0 aliphatic carbocycles. The van der Waals surface area contributed by atoms with E-state index in [1.54, 1.807) is 25.5 Å². The normalized spacial score (nSPS) is 12.5. The monoisotopic (exact) mass is 407 g/mol. The van der Waals surface area contributed by atoms with Gasteiger partial charge in [0, 0.05) is 19.2 Å². The van der Waals surface area contributed by atoms with Gasteiger partial charge >= 0.3 is 0 Å². The Balaban J connectivity index is 2.04. The van der Waals surface area contributed by atoms with Gasteiger partial charge < -0.3 is 9.30 Å². The first-order valence-electron chi connectivity index (χ1n) is 9.12. The molecule has 0 aliphatic rings. The van der Waals surface area contributed by atoms with E-state index in [1.165, 1.54) is 0 Å². The number of aromatic nitrogens is 5. The predicted octanol–water partition coefficient (Wildman–Crippen LogP) is 4.47. The van der Waals surface area contributed by atoms with Crippen LogP contribution in [0, 0.1) is 24.4 Å². The smallest absolute Gasteiger partial charge is 0.192 e. The van der Waals surface area contributed by atoms with E-state index in [2.05, 4.69) is 15.3 Å². The van der Waals surface area contributed by atoms with E-state index in [1.807, 2.05) is 38.4 Å². The van der Waals surface area contributed by atoms with Crippen molar-refractivity contribution in [2.75, 3.05) is 0 Å². The lowest BCUT2D eigenvalue weighted by molar-refractivity contribution is 0.0833. The van der Waals surface area contributed by atoms with E-state index >= 15 is 0 Å². The number of hydrogen-bond donors (Lipinski definition) is 0. The van der Waals surface area contributed by atoms with Crippen LogP contribution in [0.2, 0.25) is 0 Å². The second-order valence-corrected chi connectivity index (χ2v) is 8.47. The van der Waals surface area contributed by atoms with Crippen LogP contribution in [0.5, 0.6) is 5.75 Å². The fourth-order valence-electron chi connectivity index (χ4n) is 3.17. The Bertz CT molecular complexity index is 1040. The van der Waals surface area contributed by atoms with Gasteiger partial charge in [-0.3, -0.25) is 4.68 Å². The summed E-state index contributed by atoms with van der Waals surface area (Å²) < 4.78 is 50.4. The van der Waals surface area contributed by atoms with Gasteiger partial charge in [0.15, 0.2) is 34.6 Å². The Hall–Kier alpha value is -2.84. The minimum Gasteiger partial charge on any atom is -0.474 e. The van der Waals surface area contributed by atoms with Crippen molar-refractivity contribution in [3.63, 3.8) is 0 Å². The minimum absolute atomic E-state index is 0.290. The molecule has 29 heavy (non-hydrogen) atoms.